The Bertz CT molecular complexity index is 857. The fourth-order valence-corrected chi connectivity index (χ4v) is 2.67. The van der Waals surface area contributed by atoms with Gasteiger partial charge in [0.25, 0.3) is 0 Å². The van der Waals surface area contributed by atoms with Crippen molar-refractivity contribution in [2.24, 2.45) is 0 Å². The number of pyridine rings is 1. The van der Waals surface area contributed by atoms with Crippen LogP contribution in [0.4, 0.5) is 23.4 Å². The van der Waals surface area contributed by atoms with Crippen LogP contribution < -0.4 is 15.0 Å². The molecule has 1 N–H and O–H groups in total. The van der Waals surface area contributed by atoms with Gasteiger partial charge in [0.1, 0.15) is 18.2 Å². The molecule has 0 amide bonds. The minimum atomic E-state index is -4.55. The van der Waals surface area contributed by atoms with Gasteiger partial charge in [-0.05, 0) is 18.2 Å². The van der Waals surface area contributed by atoms with Crippen molar-refractivity contribution in [3.8, 4) is 11.9 Å². The minimum absolute atomic E-state index is 0.122. The lowest BCUT2D eigenvalue weighted by molar-refractivity contribution is -0.137. The molecule has 0 aliphatic carbocycles. The van der Waals surface area contributed by atoms with Crippen molar-refractivity contribution in [3.05, 3.63) is 52.8 Å². The number of aromatic nitrogens is 1. The molecule has 0 radical (unpaired) electrons. The van der Waals surface area contributed by atoms with Gasteiger partial charge in [-0.15, -0.1) is 0 Å². The van der Waals surface area contributed by atoms with Crippen LogP contribution in [0.15, 0.2) is 30.3 Å². The number of anilines is 1. The van der Waals surface area contributed by atoms with E-state index in [1.165, 1.54) is 12.1 Å². The highest BCUT2D eigenvalue weighted by Crippen LogP contribution is 2.33. The van der Waals surface area contributed by atoms with E-state index in [9.17, 15) is 17.6 Å². The third-order valence-electron chi connectivity index (χ3n) is 4.11. The van der Waals surface area contributed by atoms with Gasteiger partial charge in [-0.25, -0.2) is 4.39 Å². The van der Waals surface area contributed by atoms with E-state index >= 15 is 0 Å². The Labute approximate surface area is 153 Å². The Morgan fingerprint density at radius 1 is 1.19 bits per heavy atom. The fourth-order valence-electron chi connectivity index (χ4n) is 2.67. The van der Waals surface area contributed by atoms with E-state index in [2.05, 4.69) is 10.3 Å². The second-order valence-corrected chi connectivity index (χ2v) is 5.99. The molecule has 0 atom stereocenters. The summed E-state index contributed by atoms with van der Waals surface area (Å²) in [6.07, 6.45) is -4.55. The average Bonchev–Trinajstić information content (AvgIpc) is 2.66. The van der Waals surface area contributed by atoms with Crippen molar-refractivity contribution >= 4 is 5.82 Å². The van der Waals surface area contributed by atoms with Gasteiger partial charge < -0.3 is 15.0 Å². The van der Waals surface area contributed by atoms with Crippen LogP contribution in [0.1, 0.15) is 16.7 Å². The topological polar surface area (TPSA) is 61.2 Å². The molecule has 1 aromatic carbocycles. The van der Waals surface area contributed by atoms with Crippen LogP contribution in [0.2, 0.25) is 0 Å². The molecule has 142 valence electrons. The van der Waals surface area contributed by atoms with Gasteiger partial charge >= 0.3 is 6.18 Å². The number of halogens is 4. The first-order valence-electron chi connectivity index (χ1n) is 8.23. The van der Waals surface area contributed by atoms with Crippen molar-refractivity contribution in [1.29, 1.82) is 5.26 Å². The maximum absolute atomic E-state index is 13.9. The standard InChI is InChI=1S/C18H16F4N4O/c19-15-7-12(10-23)1-2-13(15)11-27-17-9-14(18(20,21)22)8-16(25-17)26-5-3-24-4-6-26/h1-2,7-9,24H,3-6,11H2. The zero-order chi connectivity index (χ0) is 19.4. The van der Waals surface area contributed by atoms with E-state index in [0.717, 1.165) is 18.2 Å². The van der Waals surface area contributed by atoms with E-state index < -0.39 is 17.6 Å². The number of nitrogens with zero attached hydrogens (tertiary/aromatic N) is 3. The number of benzene rings is 1. The Balaban J connectivity index is 1.84. The molecule has 0 bridgehead atoms. The summed E-state index contributed by atoms with van der Waals surface area (Å²) in [6.45, 7) is 2.04. The maximum atomic E-state index is 13.9. The molecular weight excluding hydrogens is 364 g/mol. The molecule has 1 aliphatic rings. The molecule has 3 rings (SSSR count). The van der Waals surface area contributed by atoms with Crippen LogP contribution in [-0.4, -0.2) is 31.2 Å². The summed E-state index contributed by atoms with van der Waals surface area (Å²) >= 11 is 0. The van der Waals surface area contributed by atoms with Crippen molar-refractivity contribution in [3.63, 3.8) is 0 Å². The highest BCUT2D eigenvalue weighted by Gasteiger charge is 2.32. The summed E-state index contributed by atoms with van der Waals surface area (Å²) < 4.78 is 58.9. The molecule has 1 aromatic heterocycles. The monoisotopic (exact) mass is 380 g/mol. The first-order valence-corrected chi connectivity index (χ1v) is 8.23. The van der Waals surface area contributed by atoms with E-state index in [1.54, 1.807) is 4.90 Å². The van der Waals surface area contributed by atoms with Crippen LogP contribution in [0.3, 0.4) is 0 Å². The normalized spacial score (nSPS) is 14.7. The third kappa shape index (κ3) is 4.65. The predicted octanol–water partition coefficient (Wildman–Crippen LogP) is 3.10. The number of hydrogen-bond donors (Lipinski definition) is 1. The lowest BCUT2D eigenvalue weighted by atomic mass is 10.1. The SMILES string of the molecule is N#Cc1ccc(COc2cc(C(F)(F)F)cc(N3CCNCC3)n2)c(F)c1. The molecule has 0 spiro atoms. The zero-order valence-corrected chi connectivity index (χ0v) is 14.2. The zero-order valence-electron chi connectivity index (χ0n) is 14.2. The predicted molar refractivity (Wildman–Crippen MR) is 89.8 cm³/mol. The Hall–Kier alpha value is -2.86. The molecule has 5 nitrogen and oxygen atoms in total. The molecule has 27 heavy (non-hydrogen) atoms. The summed E-state index contributed by atoms with van der Waals surface area (Å²) in [4.78, 5) is 5.89. The Kier molecular flexibility index (Phi) is 5.46. The second-order valence-electron chi connectivity index (χ2n) is 5.99. The molecule has 2 aromatic rings. The van der Waals surface area contributed by atoms with Gasteiger partial charge in [-0.1, -0.05) is 6.07 Å². The van der Waals surface area contributed by atoms with Gasteiger partial charge in [0.05, 0.1) is 17.2 Å². The van der Waals surface area contributed by atoms with Crippen molar-refractivity contribution in [2.75, 3.05) is 31.1 Å². The largest absolute Gasteiger partial charge is 0.473 e. The Morgan fingerprint density at radius 2 is 1.93 bits per heavy atom. The number of hydrogen-bond acceptors (Lipinski definition) is 5. The molecule has 2 heterocycles. The van der Waals surface area contributed by atoms with Gasteiger partial charge in [0, 0.05) is 37.8 Å². The number of nitrogens with one attached hydrogen (secondary N) is 1. The number of piperazine rings is 1. The first kappa shape index (κ1) is 18.9. The highest BCUT2D eigenvalue weighted by atomic mass is 19.4. The van der Waals surface area contributed by atoms with Crippen LogP contribution in [0.5, 0.6) is 5.88 Å². The summed E-state index contributed by atoms with van der Waals surface area (Å²) in [7, 11) is 0. The van der Waals surface area contributed by atoms with E-state index in [1.807, 2.05) is 6.07 Å². The van der Waals surface area contributed by atoms with E-state index in [-0.39, 0.29) is 29.4 Å². The number of alkyl halides is 3. The number of rotatable bonds is 4. The summed E-state index contributed by atoms with van der Waals surface area (Å²) in [6, 6.07) is 7.41. The van der Waals surface area contributed by atoms with Crippen LogP contribution in [-0.2, 0) is 12.8 Å². The van der Waals surface area contributed by atoms with Crippen LogP contribution >= 0.6 is 0 Å². The molecule has 0 saturated carbocycles. The molecular formula is C18H16F4N4O. The van der Waals surface area contributed by atoms with Gasteiger partial charge in [-0.3, -0.25) is 0 Å². The molecule has 1 saturated heterocycles. The van der Waals surface area contributed by atoms with E-state index in [4.69, 9.17) is 10.00 Å². The smallest absolute Gasteiger partial charge is 0.416 e. The molecule has 0 unspecified atom stereocenters. The van der Waals surface area contributed by atoms with E-state index in [0.29, 0.717) is 26.2 Å². The fraction of sp³-hybridized carbons (Fsp3) is 0.333. The lowest BCUT2D eigenvalue weighted by Gasteiger charge is -2.29. The maximum Gasteiger partial charge on any atom is 0.416 e. The second kappa shape index (κ2) is 7.80. The van der Waals surface area contributed by atoms with Crippen molar-refractivity contribution in [1.82, 2.24) is 10.3 Å². The summed E-state index contributed by atoms with van der Waals surface area (Å²) in [5.74, 6) is -0.730. The highest BCUT2D eigenvalue weighted by molar-refractivity contribution is 5.46. The van der Waals surface area contributed by atoms with Gasteiger partial charge in [0.2, 0.25) is 5.88 Å². The third-order valence-corrected chi connectivity index (χ3v) is 4.11. The summed E-state index contributed by atoms with van der Waals surface area (Å²) in [5.41, 5.74) is -0.604. The minimum Gasteiger partial charge on any atom is -0.473 e. The summed E-state index contributed by atoms with van der Waals surface area (Å²) in [5, 5.41) is 11.9. The molecule has 9 heteroatoms. The molecule has 1 aliphatic heterocycles. The lowest BCUT2D eigenvalue weighted by Crippen LogP contribution is -2.44. The van der Waals surface area contributed by atoms with Gasteiger partial charge in [0.15, 0.2) is 0 Å². The Morgan fingerprint density at radius 3 is 2.56 bits per heavy atom. The molecule has 1 fully saturated rings. The van der Waals surface area contributed by atoms with Crippen LogP contribution in [0.25, 0.3) is 0 Å². The van der Waals surface area contributed by atoms with Crippen molar-refractivity contribution < 1.29 is 22.3 Å². The average molecular weight is 380 g/mol. The van der Waals surface area contributed by atoms with Crippen molar-refractivity contribution in [2.45, 2.75) is 12.8 Å². The number of nitriles is 1. The van der Waals surface area contributed by atoms with Crippen LogP contribution in [0, 0.1) is 17.1 Å². The quantitative estimate of drug-likeness (QED) is 0.826. The van der Waals surface area contributed by atoms with Gasteiger partial charge in [-0.2, -0.15) is 23.4 Å². The number of ether oxygens (including phenoxy) is 1. The first-order chi connectivity index (χ1) is 12.9.